The molecule has 2 rings (SSSR count). The minimum atomic E-state index is -0.458. The van der Waals surface area contributed by atoms with Crippen molar-refractivity contribution in [1.82, 2.24) is 5.32 Å². The molecule has 0 aliphatic carbocycles. The van der Waals surface area contributed by atoms with Gasteiger partial charge in [0.15, 0.2) is 5.78 Å². The van der Waals surface area contributed by atoms with Crippen LogP contribution in [0.2, 0.25) is 0 Å². The average molecular weight is 290 g/mol. The summed E-state index contributed by atoms with van der Waals surface area (Å²) in [5.41, 5.74) is 1.73. The molecule has 2 amide bonds. The molecule has 1 aromatic carbocycles. The van der Waals surface area contributed by atoms with Crippen LogP contribution in [-0.2, 0) is 9.59 Å². The van der Waals surface area contributed by atoms with E-state index in [4.69, 9.17) is 4.74 Å². The van der Waals surface area contributed by atoms with Crippen LogP contribution in [0.15, 0.2) is 12.1 Å². The van der Waals surface area contributed by atoms with Gasteiger partial charge in [0.1, 0.15) is 5.75 Å². The number of Topliss-reactive ketones (excluding diaryl/α,β-unsaturated/α-hetero) is 1. The first-order valence-corrected chi connectivity index (χ1v) is 6.72. The van der Waals surface area contributed by atoms with Crippen LogP contribution >= 0.6 is 0 Å². The molecule has 1 aliphatic rings. The number of nitrogens with one attached hydrogen (secondary N) is 2. The molecule has 0 radical (unpaired) electrons. The fourth-order valence-corrected chi connectivity index (χ4v) is 2.62. The number of rotatable bonds is 5. The summed E-state index contributed by atoms with van der Waals surface area (Å²) in [6.45, 7) is 3.25. The van der Waals surface area contributed by atoms with Crippen molar-refractivity contribution in [2.45, 2.75) is 26.2 Å². The Morgan fingerprint density at radius 3 is 2.62 bits per heavy atom. The zero-order valence-corrected chi connectivity index (χ0v) is 12.3. The Bertz CT molecular complexity index is 610. The lowest BCUT2D eigenvalue weighted by molar-refractivity contribution is -0.120. The van der Waals surface area contributed by atoms with Crippen molar-refractivity contribution >= 4 is 23.3 Å². The smallest absolute Gasteiger partial charge is 0.232 e. The van der Waals surface area contributed by atoms with Crippen LogP contribution in [0, 0.1) is 0 Å². The van der Waals surface area contributed by atoms with Crippen molar-refractivity contribution in [2.75, 3.05) is 19.0 Å². The molecule has 1 unspecified atom stereocenters. The van der Waals surface area contributed by atoms with Crippen LogP contribution in [-0.4, -0.2) is 31.3 Å². The lowest BCUT2D eigenvalue weighted by Gasteiger charge is -2.15. The summed E-state index contributed by atoms with van der Waals surface area (Å²) in [5.74, 6) is -0.454. The molecule has 0 aromatic heterocycles. The molecule has 0 saturated heterocycles. The molecule has 1 aliphatic heterocycles. The molecule has 0 fully saturated rings. The Labute approximate surface area is 122 Å². The van der Waals surface area contributed by atoms with Crippen LogP contribution < -0.4 is 15.4 Å². The molecule has 0 saturated carbocycles. The van der Waals surface area contributed by atoms with Gasteiger partial charge in [-0.2, -0.15) is 0 Å². The molecule has 0 spiro atoms. The first-order valence-electron chi connectivity index (χ1n) is 6.72. The molecule has 1 atom stereocenters. The second-order valence-electron chi connectivity index (χ2n) is 4.97. The third-order valence-electron chi connectivity index (χ3n) is 3.51. The minimum Gasteiger partial charge on any atom is -0.496 e. The molecule has 2 N–H and O–H groups in total. The standard InChI is InChI=1S/C15H18N2O4/c1-8(18)13-12(21-3)5-4-11-14(13)10(15(20)17-11)6-7-16-9(2)19/h4-5,10H,6-7H2,1-3H3,(H,16,19)(H,17,20). The van der Waals surface area contributed by atoms with Crippen molar-refractivity contribution in [3.05, 3.63) is 23.3 Å². The fourth-order valence-electron chi connectivity index (χ4n) is 2.62. The van der Waals surface area contributed by atoms with Gasteiger partial charge in [-0.05, 0) is 25.5 Å². The average Bonchev–Trinajstić information content (AvgIpc) is 2.73. The van der Waals surface area contributed by atoms with E-state index in [-0.39, 0.29) is 17.6 Å². The van der Waals surface area contributed by atoms with E-state index in [1.54, 1.807) is 12.1 Å². The number of ketones is 1. The van der Waals surface area contributed by atoms with Gasteiger partial charge in [-0.25, -0.2) is 0 Å². The van der Waals surface area contributed by atoms with Gasteiger partial charge in [-0.1, -0.05) is 0 Å². The highest BCUT2D eigenvalue weighted by Crippen LogP contribution is 2.41. The maximum atomic E-state index is 12.1. The number of hydrogen-bond acceptors (Lipinski definition) is 4. The summed E-state index contributed by atoms with van der Waals surface area (Å²) >= 11 is 0. The summed E-state index contributed by atoms with van der Waals surface area (Å²) in [6, 6.07) is 3.41. The maximum Gasteiger partial charge on any atom is 0.232 e. The summed E-state index contributed by atoms with van der Waals surface area (Å²) in [6.07, 6.45) is 0.436. The molecule has 6 nitrogen and oxygen atoms in total. The summed E-state index contributed by atoms with van der Waals surface area (Å²) in [4.78, 5) is 35.0. The molecular formula is C15H18N2O4. The number of anilines is 1. The first-order chi connectivity index (χ1) is 9.95. The molecule has 1 aromatic rings. The number of carbonyl (C=O) groups excluding carboxylic acids is 3. The molecule has 112 valence electrons. The van der Waals surface area contributed by atoms with E-state index < -0.39 is 5.92 Å². The number of amides is 2. The Kier molecular flexibility index (Phi) is 4.26. The number of fused-ring (bicyclic) bond motifs is 1. The molecule has 21 heavy (non-hydrogen) atoms. The van der Waals surface area contributed by atoms with Crippen molar-refractivity contribution in [1.29, 1.82) is 0 Å². The highest BCUT2D eigenvalue weighted by atomic mass is 16.5. The van der Waals surface area contributed by atoms with Gasteiger partial charge in [0.2, 0.25) is 11.8 Å². The van der Waals surface area contributed by atoms with Gasteiger partial charge >= 0.3 is 0 Å². The predicted octanol–water partition coefficient (Wildman–Crippen LogP) is 1.46. The number of carbonyl (C=O) groups is 3. The zero-order chi connectivity index (χ0) is 15.6. The van der Waals surface area contributed by atoms with Gasteiger partial charge < -0.3 is 15.4 Å². The SMILES string of the molecule is COc1ccc2c(c1C(C)=O)C(CCNC(C)=O)C(=O)N2. The lowest BCUT2D eigenvalue weighted by atomic mass is 9.90. The quantitative estimate of drug-likeness (QED) is 0.804. The largest absolute Gasteiger partial charge is 0.496 e. The van der Waals surface area contributed by atoms with Crippen molar-refractivity contribution in [2.24, 2.45) is 0 Å². The fraction of sp³-hybridized carbons (Fsp3) is 0.400. The van der Waals surface area contributed by atoms with E-state index >= 15 is 0 Å². The normalized spacial score (nSPS) is 16.1. The molecule has 1 heterocycles. The van der Waals surface area contributed by atoms with Crippen molar-refractivity contribution in [3.8, 4) is 5.75 Å². The zero-order valence-electron chi connectivity index (χ0n) is 12.3. The Morgan fingerprint density at radius 1 is 1.33 bits per heavy atom. The van der Waals surface area contributed by atoms with E-state index in [0.717, 1.165) is 0 Å². The number of hydrogen-bond donors (Lipinski definition) is 2. The highest BCUT2D eigenvalue weighted by Gasteiger charge is 2.35. The minimum absolute atomic E-state index is 0.147. The van der Waals surface area contributed by atoms with Crippen LogP contribution in [0.5, 0.6) is 5.75 Å². The van der Waals surface area contributed by atoms with E-state index in [2.05, 4.69) is 10.6 Å². The highest BCUT2D eigenvalue weighted by molar-refractivity contribution is 6.09. The monoisotopic (exact) mass is 290 g/mol. The Hall–Kier alpha value is -2.37. The van der Waals surface area contributed by atoms with Gasteiger partial charge in [0, 0.05) is 24.7 Å². The van der Waals surface area contributed by atoms with Gasteiger partial charge in [0.25, 0.3) is 0 Å². The molecule has 6 heteroatoms. The maximum absolute atomic E-state index is 12.1. The second kappa shape index (κ2) is 5.95. The third-order valence-corrected chi connectivity index (χ3v) is 3.51. The summed E-state index contributed by atoms with van der Waals surface area (Å²) in [7, 11) is 1.49. The number of ether oxygens (including phenoxy) is 1. The van der Waals surface area contributed by atoms with Crippen LogP contribution in [0.3, 0.4) is 0 Å². The van der Waals surface area contributed by atoms with Gasteiger partial charge in [0.05, 0.1) is 18.6 Å². The summed E-state index contributed by atoms with van der Waals surface area (Å²) < 4.78 is 5.23. The summed E-state index contributed by atoms with van der Waals surface area (Å²) in [5, 5.41) is 5.44. The second-order valence-corrected chi connectivity index (χ2v) is 4.97. The van der Waals surface area contributed by atoms with E-state index in [1.165, 1.54) is 21.0 Å². The van der Waals surface area contributed by atoms with E-state index in [1.807, 2.05) is 0 Å². The van der Waals surface area contributed by atoms with Crippen LogP contribution in [0.1, 0.15) is 42.1 Å². The third kappa shape index (κ3) is 2.89. The molecule has 0 bridgehead atoms. The van der Waals surface area contributed by atoms with Crippen molar-refractivity contribution < 1.29 is 19.1 Å². The van der Waals surface area contributed by atoms with Crippen molar-refractivity contribution in [3.63, 3.8) is 0 Å². The topological polar surface area (TPSA) is 84.5 Å². The first kappa shape index (κ1) is 15.0. The van der Waals surface area contributed by atoms with E-state index in [9.17, 15) is 14.4 Å². The lowest BCUT2D eigenvalue weighted by Crippen LogP contribution is -2.24. The Morgan fingerprint density at radius 2 is 2.05 bits per heavy atom. The van der Waals surface area contributed by atoms with Gasteiger partial charge in [-0.15, -0.1) is 0 Å². The number of benzene rings is 1. The molecular weight excluding hydrogens is 272 g/mol. The predicted molar refractivity (Wildman–Crippen MR) is 77.7 cm³/mol. The number of methoxy groups -OCH3 is 1. The van der Waals surface area contributed by atoms with Gasteiger partial charge in [-0.3, -0.25) is 14.4 Å². The van der Waals surface area contributed by atoms with E-state index in [0.29, 0.717) is 35.5 Å². The van der Waals surface area contributed by atoms with Crippen LogP contribution in [0.4, 0.5) is 5.69 Å². The Balaban J connectivity index is 2.38. The van der Waals surface area contributed by atoms with Crippen LogP contribution in [0.25, 0.3) is 0 Å².